The van der Waals surface area contributed by atoms with Crippen LogP contribution in [0.4, 0.5) is 5.82 Å². The van der Waals surface area contributed by atoms with Crippen LogP contribution in [-0.2, 0) is 6.54 Å². The Balaban J connectivity index is 1.76. The van der Waals surface area contributed by atoms with E-state index >= 15 is 0 Å². The van der Waals surface area contributed by atoms with Gasteiger partial charge < -0.3 is 9.32 Å². The summed E-state index contributed by atoms with van der Waals surface area (Å²) >= 11 is 1.78. The van der Waals surface area contributed by atoms with Gasteiger partial charge in [-0.25, -0.2) is 9.97 Å². The topological polar surface area (TPSA) is 42.2 Å². The highest BCUT2D eigenvalue weighted by atomic mass is 32.1. The summed E-state index contributed by atoms with van der Waals surface area (Å²) in [5.74, 6) is 2.71. The van der Waals surface area contributed by atoms with Gasteiger partial charge >= 0.3 is 0 Å². The largest absolute Gasteiger partial charge is 0.461 e. The maximum absolute atomic E-state index is 5.77. The van der Waals surface area contributed by atoms with Crippen molar-refractivity contribution in [3.8, 4) is 11.3 Å². The van der Waals surface area contributed by atoms with Gasteiger partial charge in [0, 0.05) is 22.9 Å². The Kier molecular flexibility index (Phi) is 4.01. The third kappa shape index (κ3) is 3.03. The second-order valence-electron chi connectivity index (χ2n) is 6.22. The Morgan fingerprint density at radius 2 is 1.96 bits per heavy atom. The zero-order chi connectivity index (χ0) is 17.4. The van der Waals surface area contributed by atoms with Crippen molar-refractivity contribution in [1.29, 1.82) is 0 Å². The van der Waals surface area contributed by atoms with Crippen LogP contribution >= 0.6 is 11.3 Å². The second kappa shape index (κ2) is 6.33. The second-order valence-corrected chi connectivity index (χ2v) is 7.22. The van der Waals surface area contributed by atoms with Crippen molar-refractivity contribution in [3.05, 3.63) is 64.3 Å². The molecule has 0 spiro atoms. The summed E-state index contributed by atoms with van der Waals surface area (Å²) in [5, 5.41) is 3.17. The molecule has 0 bridgehead atoms. The maximum Gasteiger partial charge on any atom is 0.139 e. The summed E-state index contributed by atoms with van der Waals surface area (Å²) in [6.07, 6.45) is 1.63. The van der Waals surface area contributed by atoms with Gasteiger partial charge in [-0.05, 0) is 61.2 Å². The van der Waals surface area contributed by atoms with E-state index in [-0.39, 0.29) is 0 Å². The van der Waals surface area contributed by atoms with Crippen LogP contribution in [0.3, 0.4) is 0 Å². The lowest BCUT2D eigenvalue weighted by atomic mass is 10.1. The summed E-state index contributed by atoms with van der Waals surface area (Å²) in [7, 11) is 2.07. The molecule has 5 heteroatoms. The van der Waals surface area contributed by atoms with Gasteiger partial charge in [-0.3, -0.25) is 0 Å². The van der Waals surface area contributed by atoms with Crippen LogP contribution < -0.4 is 4.90 Å². The number of fused-ring (bicyclic) bond motifs is 1. The SMILES string of the molecule is Cc1ccc(-c2ccc3ncnc(N(C)Cc4sccc4C)c3c2)o1. The molecule has 0 aliphatic carbocycles. The van der Waals surface area contributed by atoms with E-state index in [0.717, 1.165) is 40.3 Å². The van der Waals surface area contributed by atoms with Crippen LogP contribution in [0.2, 0.25) is 0 Å². The quantitative estimate of drug-likeness (QED) is 0.507. The van der Waals surface area contributed by atoms with Gasteiger partial charge in [0.15, 0.2) is 0 Å². The molecule has 0 amide bonds. The molecule has 0 radical (unpaired) electrons. The van der Waals surface area contributed by atoms with E-state index in [1.807, 2.05) is 31.2 Å². The van der Waals surface area contributed by atoms with Crippen LogP contribution in [0, 0.1) is 13.8 Å². The fourth-order valence-electron chi connectivity index (χ4n) is 2.95. The van der Waals surface area contributed by atoms with Gasteiger partial charge in [-0.2, -0.15) is 0 Å². The smallest absolute Gasteiger partial charge is 0.139 e. The number of thiophene rings is 1. The first-order valence-corrected chi connectivity index (χ1v) is 9.05. The molecule has 0 aliphatic heterocycles. The third-order valence-corrected chi connectivity index (χ3v) is 5.36. The lowest BCUT2D eigenvalue weighted by molar-refractivity contribution is 0.548. The molecule has 0 N–H and O–H groups in total. The van der Waals surface area contributed by atoms with E-state index in [1.54, 1.807) is 17.7 Å². The lowest BCUT2D eigenvalue weighted by Gasteiger charge is -2.19. The zero-order valence-corrected chi connectivity index (χ0v) is 15.3. The van der Waals surface area contributed by atoms with Crippen LogP contribution in [0.25, 0.3) is 22.2 Å². The molecule has 0 saturated carbocycles. The zero-order valence-electron chi connectivity index (χ0n) is 14.5. The number of furan rings is 1. The average molecular weight is 349 g/mol. The van der Waals surface area contributed by atoms with Crippen LogP contribution in [0.5, 0.6) is 0 Å². The number of nitrogens with zero attached hydrogens (tertiary/aromatic N) is 3. The molecule has 3 heterocycles. The summed E-state index contributed by atoms with van der Waals surface area (Å²) in [6, 6.07) is 12.3. The molecule has 0 aliphatic rings. The highest BCUT2D eigenvalue weighted by Crippen LogP contribution is 2.30. The number of anilines is 1. The normalized spacial score (nSPS) is 11.2. The summed E-state index contributed by atoms with van der Waals surface area (Å²) in [4.78, 5) is 12.5. The van der Waals surface area contributed by atoms with Crippen molar-refractivity contribution in [3.63, 3.8) is 0 Å². The molecule has 0 saturated heterocycles. The molecule has 0 unspecified atom stereocenters. The minimum atomic E-state index is 0.833. The van der Waals surface area contributed by atoms with Gasteiger partial charge in [0.25, 0.3) is 0 Å². The van der Waals surface area contributed by atoms with Gasteiger partial charge in [0.05, 0.1) is 12.1 Å². The monoisotopic (exact) mass is 349 g/mol. The first-order chi connectivity index (χ1) is 12.1. The average Bonchev–Trinajstić information content (AvgIpc) is 3.22. The Morgan fingerprint density at radius 3 is 2.68 bits per heavy atom. The molecular formula is C20H19N3OS. The van der Waals surface area contributed by atoms with Gasteiger partial charge in [0.2, 0.25) is 0 Å². The van der Waals surface area contributed by atoms with Gasteiger partial charge in [0.1, 0.15) is 23.7 Å². The lowest BCUT2D eigenvalue weighted by Crippen LogP contribution is -2.18. The standard InChI is InChI=1S/C20H19N3OS/c1-13-8-9-25-19(13)11-23(3)20-16-10-15(18-7-4-14(2)24-18)5-6-17(16)21-12-22-20/h4-10,12H,11H2,1-3H3. The fraction of sp³-hybridized carbons (Fsp3) is 0.200. The first-order valence-electron chi connectivity index (χ1n) is 8.17. The summed E-state index contributed by atoms with van der Waals surface area (Å²) in [6.45, 7) is 4.94. The number of aromatic nitrogens is 2. The fourth-order valence-corrected chi connectivity index (χ4v) is 3.91. The van der Waals surface area contributed by atoms with Crippen molar-refractivity contribution in [2.75, 3.05) is 11.9 Å². The molecule has 4 aromatic rings. The molecular weight excluding hydrogens is 330 g/mol. The van der Waals surface area contributed by atoms with Crippen molar-refractivity contribution >= 4 is 28.1 Å². The van der Waals surface area contributed by atoms with Crippen molar-refractivity contribution in [2.45, 2.75) is 20.4 Å². The molecule has 4 rings (SSSR count). The number of hydrogen-bond acceptors (Lipinski definition) is 5. The molecule has 4 nitrogen and oxygen atoms in total. The minimum Gasteiger partial charge on any atom is -0.461 e. The number of rotatable bonds is 4. The Morgan fingerprint density at radius 1 is 1.08 bits per heavy atom. The van der Waals surface area contributed by atoms with Crippen molar-refractivity contribution in [1.82, 2.24) is 9.97 Å². The molecule has 1 aromatic carbocycles. The van der Waals surface area contributed by atoms with E-state index in [4.69, 9.17) is 4.42 Å². The Labute approximate surface area is 150 Å². The number of aryl methyl sites for hydroxylation is 2. The molecule has 25 heavy (non-hydrogen) atoms. The summed E-state index contributed by atoms with van der Waals surface area (Å²) in [5.41, 5.74) is 3.30. The van der Waals surface area contributed by atoms with Crippen LogP contribution in [0.1, 0.15) is 16.2 Å². The Hall–Kier alpha value is -2.66. The van der Waals surface area contributed by atoms with Crippen LogP contribution in [-0.4, -0.2) is 17.0 Å². The molecule has 0 atom stereocenters. The van der Waals surface area contributed by atoms with E-state index in [1.165, 1.54) is 10.4 Å². The van der Waals surface area contributed by atoms with E-state index in [2.05, 4.69) is 46.4 Å². The number of benzene rings is 1. The van der Waals surface area contributed by atoms with Crippen molar-refractivity contribution in [2.24, 2.45) is 0 Å². The highest BCUT2D eigenvalue weighted by molar-refractivity contribution is 7.10. The van der Waals surface area contributed by atoms with E-state index < -0.39 is 0 Å². The van der Waals surface area contributed by atoms with Crippen LogP contribution in [0.15, 0.2) is 52.5 Å². The van der Waals surface area contributed by atoms with E-state index in [0.29, 0.717) is 0 Å². The predicted molar refractivity (Wildman–Crippen MR) is 103 cm³/mol. The van der Waals surface area contributed by atoms with Gasteiger partial charge in [-0.15, -0.1) is 11.3 Å². The maximum atomic E-state index is 5.77. The predicted octanol–water partition coefficient (Wildman–Crippen LogP) is 5.20. The molecule has 3 aromatic heterocycles. The van der Waals surface area contributed by atoms with Gasteiger partial charge in [-0.1, -0.05) is 0 Å². The highest BCUT2D eigenvalue weighted by Gasteiger charge is 2.13. The first kappa shape index (κ1) is 15.8. The molecule has 0 fully saturated rings. The van der Waals surface area contributed by atoms with E-state index in [9.17, 15) is 0 Å². The van der Waals surface area contributed by atoms with Crippen molar-refractivity contribution < 1.29 is 4.42 Å². The third-order valence-electron chi connectivity index (χ3n) is 4.35. The minimum absolute atomic E-state index is 0.833. The Bertz CT molecular complexity index is 1030. The molecule has 126 valence electrons. The number of hydrogen-bond donors (Lipinski definition) is 0. The summed E-state index contributed by atoms with van der Waals surface area (Å²) < 4.78 is 5.77.